The van der Waals surface area contributed by atoms with E-state index in [1.54, 1.807) is 17.1 Å². The summed E-state index contributed by atoms with van der Waals surface area (Å²) in [5.41, 5.74) is 0.299. The summed E-state index contributed by atoms with van der Waals surface area (Å²) < 4.78 is 40.0. The third-order valence-electron chi connectivity index (χ3n) is 6.18. The highest BCUT2D eigenvalue weighted by atomic mass is 19.4. The number of alkyl halides is 3. The maximum absolute atomic E-state index is 13.0. The van der Waals surface area contributed by atoms with E-state index in [2.05, 4.69) is 30.3 Å². The number of amides is 1. The molecule has 2 aliphatic rings. The van der Waals surface area contributed by atoms with Crippen molar-refractivity contribution in [1.29, 1.82) is 0 Å². The minimum absolute atomic E-state index is 0.0160. The van der Waals surface area contributed by atoms with Gasteiger partial charge in [0.2, 0.25) is 11.9 Å². The van der Waals surface area contributed by atoms with Crippen LogP contribution >= 0.6 is 0 Å². The highest BCUT2D eigenvalue weighted by molar-refractivity contribution is 5.80. The average Bonchev–Trinajstić information content (AvgIpc) is 3.32. The summed E-state index contributed by atoms with van der Waals surface area (Å²) in [7, 11) is 1.83. The van der Waals surface area contributed by atoms with E-state index in [1.165, 1.54) is 6.07 Å². The molecule has 1 amide bonds. The lowest BCUT2D eigenvalue weighted by molar-refractivity contribution is -0.137. The maximum atomic E-state index is 13.0. The van der Waals surface area contributed by atoms with Gasteiger partial charge in [-0.1, -0.05) is 0 Å². The summed E-state index contributed by atoms with van der Waals surface area (Å²) in [5, 5.41) is 7.25. The fraction of sp³-hybridized carbons (Fsp3) is 0.409. The first-order valence-corrected chi connectivity index (χ1v) is 10.9. The zero-order valence-electron chi connectivity index (χ0n) is 18.4. The molecule has 0 unspecified atom stereocenters. The van der Waals surface area contributed by atoms with Crippen LogP contribution in [0, 0.1) is 0 Å². The van der Waals surface area contributed by atoms with Crippen LogP contribution in [0.1, 0.15) is 24.1 Å². The Kier molecular flexibility index (Phi) is 5.58. The standard InChI is InChI=1S/C22H23F3N8O/c1-31-11-16(10-28-31)29-21-26-7-6-19(30-21)32-12-17-4-5-18(13-32)33(17)20(34)8-15-3-2-14(9-27-15)22(23,24)25/h2-3,6-7,9-11,17-18H,4-5,8,12-13H2,1H3,(H,26,29,30)/t17-,18+. The number of carbonyl (C=O) groups excluding carboxylic acids is 1. The number of carbonyl (C=O) groups is 1. The van der Waals surface area contributed by atoms with Gasteiger partial charge in [0.15, 0.2) is 0 Å². The van der Waals surface area contributed by atoms with Gasteiger partial charge in [-0.15, -0.1) is 0 Å². The van der Waals surface area contributed by atoms with Crippen LogP contribution in [-0.4, -0.2) is 60.7 Å². The molecule has 9 nitrogen and oxygen atoms in total. The van der Waals surface area contributed by atoms with Crippen LogP contribution in [0.2, 0.25) is 0 Å². The molecule has 34 heavy (non-hydrogen) atoms. The molecule has 2 fully saturated rings. The third-order valence-corrected chi connectivity index (χ3v) is 6.18. The van der Waals surface area contributed by atoms with Gasteiger partial charge in [-0.3, -0.25) is 14.5 Å². The molecule has 2 atom stereocenters. The van der Waals surface area contributed by atoms with E-state index in [-0.39, 0.29) is 24.4 Å². The molecule has 0 spiro atoms. The summed E-state index contributed by atoms with van der Waals surface area (Å²) in [6.07, 6.45) is 3.27. The first kappa shape index (κ1) is 22.1. The van der Waals surface area contributed by atoms with E-state index < -0.39 is 11.7 Å². The summed E-state index contributed by atoms with van der Waals surface area (Å²) in [6, 6.07) is 4.12. The van der Waals surface area contributed by atoms with Crippen LogP contribution in [0.3, 0.4) is 0 Å². The number of piperazine rings is 1. The van der Waals surface area contributed by atoms with Crippen molar-refractivity contribution in [2.24, 2.45) is 7.05 Å². The second kappa shape index (κ2) is 8.58. The largest absolute Gasteiger partial charge is 0.417 e. The first-order valence-electron chi connectivity index (χ1n) is 10.9. The number of hydrogen-bond acceptors (Lipinski definition) is 7. The molecule has 3 aromatic rings. The van der Waals surface area contributed by atoms with Crippen molar-refractivity contribution in [2.45, 2.75) is 37.5 Å². The summed E-state index contributed by atoms with van der Waals surface area (Å²) in [4.78, 5) is 29.8. The summed E-state index contributed by atoms with van der Waals surface area (Å²) >= 11 is 0. The molecule has 12 heteroatoms. The van der Waals surface area contributed by atoms with Gasteiger partial charge in [0.25, 0.3) is 0 Å². The SMILES string of the molecule is Cn1cc(Nc2nccc(N3C[C@H]4CC[C@@H](C3)N4C(=O)Cc3ccc(C(F)(F)F)cn3)n2)cn1. The zero-order valence-corrected chi connectivity index (χ0v) is 18.4. The Morgan fingerprint density at radius 2 is 1.88 bits per heavy atom. The van der Waals surface area contributed by atoms with Gasteiger partial charge in [0.05, 0.1) is 23.9 Å². The van der Waals surface area contributed by atoms with E-state index in [0.717, 1.165) is 36.6 Å². The van der Waals surface area contributed by atoms with Crippen LogP contribution in [0.4, 0.5) is 30.6 Å². The average molecular weight is 472 g/mol. The van der Waals surface area contributed by atoms with E-state index in [0.29, 0.717) is 24.7 Å². The Balaban J connectivity index is 1.24. The Bertz CT molecular complexity index is 1170. The molecular weight excluding hydrogens is 449 g/mol. The number of aryl methyl sites for hydroxylation is 1. The third kappa shape index (κ3) is 4.52. The number of hydrogen-bond donors (Lipinski definition) is 1. The van der Waals surface area contributed by atoms with Crippen molar-refractivity contribution in [3.05, 3.63) is 54.2 Å². The lowest BCUT2D eigenvalue weighted by Gasteiger charge is -2.41. The van der Waals surface area contributed by atoms with Crippen LogP contribution < -0.4 is 10.2 Å². The smallest absolute Gasteiger partial charge is 0.352 e. The van der Waals surface area contributed by atoms with Gasteiger partial charge in [-0.25, -0.2) is 4.98 Å². The molecule has 0 saturated carbocycles. The minimum atomic E-state index is -4.45. The van der Waals surface area contributed by atoms with E-state index in [1.807, 2.05) is 24.2 Å². The van der Waals surface area contributed by atoms with E-state index in [4.69, 9.17) is 0 Å². The van der Waals surface area contributed by atoms with Crippen LogP contribution in [-0.2, 0) is 24.4 Å². The molecule has 178 valence electrons. The van der Waals surface area contributed by atoms with Crippen LogP contribution in [0.15, 0.2) is 43.0 Å². The number of nitrogens with zero attached hydrogens (tertiary/aromatic N) is 7. The molecule has 2 bridgehead atoms. The molecule has 1 N–H and O–H groups in total. The number of pyridine rings is 1. The predicted octanol–water partition coefficient (Wildman–Crippen LogP) is 2.79. The highest BCUT2D eigenvalue weighted by Crippen LogP contribution is 2.33. The molecule has 2 saturated heterocycles. The molecule has 3 aromatic heterocycles. The zero-order chi connectivity index (χ0) is 23.9. The van der Waals surface area contributed by atoms with Gasteiger partial charge in [0.1, 0.15) is 5.82 Å². The summed E-state index contributed by atoms with van der Waals surface area (Å²) in [5.74, 6) is 1.13. The second-order valence-corrected chi connectivity index (χ2v) is 8.57. The molecule has 0 aromatic carbocycles. The number of anilines is 3. The van der Waals surface area contributed by atoms with Crippen LogP contribution in [0.25, 0.3) is 0 Å². The normalized spacial score (nSPS) is 20.0. The maximum Gasteiger partial charge on any atom is 0.417 e. The number of aromatic nitrogens is 5. The fourth-order valence-corrected chi connectivity index (χ4v) is 4.64. The van der Waals surface area contributed by atoms with Crippen molar-refractivity contribution >= 4 is 23.4 Å². The summed E-state index contributed by atoms with van der Waals surface area (Å²) in [6.45, 7) is 1.26. The Hall–Kier alpha value is -3.70. The van der Waals surface area contributed by atoms with Crippen molar-refractivity contribution in [2.75, 3.05) is 23.3 Å². The van der Waals surface area contributed by atoms with Gasteiger partial charge in [-0.2, -0.15) is 23.3 Å². The van der Waals surface area contributed by atoms with Gasteiger partial charge in [0, 0.05) is 56.5 Å². The molecule has 5 rings (SSSR count). The Morgan fingerprint density at radius 1 is 1.12 bits per heavy atom. The fourth-order valence-electron chi connectivity index (χ4n) is 4.64. The molecule has 5 heterocycles. The first-order chi connectivity index (χ1) is 16.3. The second-order valence-electron chi connectivity index (χ2n) is 8.57. The molecule has 0 radical (unpaired) electrons. The Morgan fingerprint density at radius 3 is 2.50 bits per heavy atom. The lowest BCUT2D eigenvalue weighted by Crippen LogP contribution is -2.56. The van der Waals surface area contributed by atoms with Crippen LogP contribution in [0.5, 0.6) is 0 Å². The van der Waals surface area contributed by atoms with Crippen molar-refractivity contribution in [1.82, 2.24) is 29.6 Å². The quantitative estimate of drug-likeness (QED) is 0.611. The molecular formula is C22H23F3N8O. The number of nitrogens with one attached hydrogen (secondary N) is 1. The number of rotatable bonds is 5. The van der Waals surface area contributed by atoms with Gasteiger partial charge in [-0.05, 0) is 31.0 Å². The van der Waals surface area contributed by atoms with E-state index >= 15 is 0 Å². The monoisotopic (exact) mass is 472 g/mol. The van der Waals surface area contributed by atoms with Crippen molar-refractivity contribution < 1.29 is 18.0 Å². The van der Waals surface area contributed by atoms with Gasteiger partial charge >= 0.3 is 6.18 Å². The molecule has 0 aliphatic carbocycles. The minimum Gasteiger partial charge on any atom is -0.352 e. The number of halogens is 3. The Labute approximate surface area is 193 Å². The lowest BCUT2D eigenvalue weighted by atomic mass is 10.1. The van der Waals surface area contributed by atoms with Crippen molar-refractivity contribution in [3.63, 3.8) is 0 Å². The highest BCUT2D eigenvalue weighted by Gasteiger charge is 2.43. The van der Waals surface area contributed by atoms with E-state index in [9.17, 15) is 18.0 Å². The van der Waals surface area contributed by atoms with Crippen molar-refractivity contribution in [3.8, 4) is 0 Å². The molecule has 2 aliphatic heterocycles. The van der Waals surface area contributed by atoms with Gasteiger partial charge < -0.3 is 15.1 Å². The number of fused-ring (bicyclic) bond motifs is 2. The topological polar surface area (TPSA) is 92.1 Å². The predicted molar refractivity (Wildman–Crippen MR) is 117 cm³/mol.